The molecule has 1 aliphatic carbocycles. The Bertz CT molecular complexity index is 158. The van der Waals surface area contributed by atoms with Crippen LogP contribution in [0.4, 0.5) is 13.2 Å². The summed E-state index contributed by atoms with van der Waals surface area (Å²) in [6, 6.07) is -0.571. The molecule has 0 heterocycles. The van der Waals surface area contributed by atoms with Gasteiger partial charge < -0.3 is 4.84 Å². The van der Waals surface area contributed by atoms with Gasteiger partial charge >= 0.3 is 6.18 Å². The van der Waals surface area contributed by atoms with E-state index < -0.39 is 18.1 Å². The van der Waals surface area contributed by atoms with Gasteiger partial charge in [-0.3, -0.25) is 0 Å². The van der Waals surface area contributed by atoms with Crippen molar-refractivity contribution in [2.45, 2.75) is 37.9 Å². The molecule has 1 saturated carbocycles. The van der Waals surface area contributed by atoms with E-state index in [1.807, 2.05) is 0 Å². The molecule has 0 bridgehead atoms. The van der Waals surface area contributed by atoms with Crippen LogP contribution in [0.2, 0.25) is 0 Å². The fourth-order valence-corrected chi connectivity index (χ4v) is 1.82. The number of hydroxylamine groups is 1. The first kappa shape index (κ1) is 10.8. The van der Waals surface area contributed by atoms with Crippen LogP contribution in [-0.4, -0.2) is 19.3 Å². The zero-order valence-electron chi connectivity index (χ0n) is 7.53. The second-order valence-corrected chi connectivity index (χ2v) is 3.36. The van der Waals surface area contributed by atoms with E-state index in [0.29, 0.717) is 12.8 Å². The Balaban J connectivity index is 2.56. The standard InChI is InChI=1S/C8H14F3NO/c1-13-12-7-5-3-2-4-6(7)8(9,10)11/h6-7,12H,2-5H2,1H3. The van der Waals surface area contributed by atoms with E-state index in [2.05, 4.69) is 10.3 Å². The van der Waals surface area contributed by atoms with Gasteiger partial charge in [0.05, 0.1) is 13.0 Å². The summed E-state index contributed by atoms with van der Waals surface area (Å²) in [5, 5.41) is 0. The van der Waals surface area contributed by atoms with Crippen LogP contribution in [0.3, 0.4) is 0 Å². The third kappa shape index (κ3) is 2.84. The van der Waals surface area contributed by atoms with E-state index in [1.165, 1.54) is 7.11 Å². The highest BCUT2D eigenvalue weighted by molar-refractivity contribution is 4.83. The van der Waals surface area contributed by atoms with Crippen molar-refractivity contribution in [1.29, 1.82) is 0 Å². The fourth-order valence-electron chi connectivity index (χ4n) is 1.82. The van der Waals surface area contributed by atoms with Gasteiger partial charge in [0, 0.05) is 6.04 Å². The first-order valence-electron chi connectivity index (χ1n) is 4.41. The van der Waals surface area contributed by atoms with Crippen LogP contribution >= 0.6 is 0 Å². The van der Waals surface area contributed by atoms with Crippen LogP contribution in [0.25, 0.3) is 0 Å². The van der Waals surface area contributed by atoms with Crippen molar-refractivity contribution < 1.29 is 18.0 Å². The van der Waals surface area contributed by atoms with Gasteiger partial charge in [0.1, 0.15) is 0 Å². The van der Waals surface area contributed by atoms with Crippen LogP contribution in [0.1, 0.15) is 25.7 Å². The van der Waals surface area contributed by atoms with E-state index in [1.54, 1.807) is 0 Å². The lowest BCUT2D eigenvalue weighted by Crippen LogP contribution is -2.44. The van der Waals surface area contributed by atoms with E-state index in [4.69, 9.17) is 0 Å². The first-order valence-corrected chi connectivity index (χ1v) is 4.41. The quantitative estimate of drug-likeness (QED) is 0.685. The summed E-state index contributed by atoms with van der Waals surface area (Å²) in [6.07, 6.45) is -1.85. The molecule has 0 radical (unpaired) electrons. The number of hydrogen-bond acceptors (Lipinski definition) is 2. The molecule has 0 saturated heterocycles. The fraction of sp³-hybridized carbons (Fsp3) is 1.00. The SMILES string of the molecule is CONC1CCCCC1C(F)(F)F. The van der Waals surface area contributed by atoms with Crippen LogP contribution in [0.5, 0.6) is 0 Å². The Kier molecular flexibility index (Phi) is 3.55. The number of alkyl halides is 3. The number of nitrogens with one attached hydrogen (secondary N) is 1. The second kappa shape index (κ2) is 4.28. The van der Waals surface area contributed by atoms with Gasteiger partial charge in [-0.05, 0) is 12.8 Å². The lowest BCUT2D eigenvalue weighted by Gasteiger charge is -2.32. The summed E-state index contributed by atoms with van der Waals surface area (Å²) in [4.78, 5) is 4.56. The van der Waals surface area contributed by atoms with Crippen molar-refractivity contribution >= 4 is 0 Å². The van der Waals surface area contributed by atoms with Gasteiger partial charge in [-0.1, -0.05) is 12.8 Å². The molecule has 1 N–H and O–H groups in total. The van der Waals surface area contributed by atoms with Gasteiger partial charge in [0.15, 0.2) is 0 Å². The summed E-state index contributed by atoms with van der Waals surface area (Å²) < 4.78 is 37.3. The van der Waals surface area contributed by atoms with Gasteiger partial charge in [-0.15, -0.1) is 0 Å². The van der Waals surface area contributed by atoms with E-state index in [-0.39, 0.29) is 6.42 Å². The molecule has 2 unspecified atom stereocenters. The zero-order valence-corrected chi connectivity index (χ0v) is 7.53. The summed E-state index contributed by atoms with van der Waals surface area (Å²) in [5.41, 5.74) is 2.42. The summed E-state index contributed by atoms with van der Waals surface area (Å²) in [7, 11) is 1.35. The highest BCUT2D eigenvalue weighted by Gasteiger charge is 2.45. The van der Waals surface area contributed by atoms with Crippen molar-refractivity contribution in [1.82, 2.24) is 5.48 Å². The van der Waals surface area contributed by atoms with Gasteiger partial charge in [-0.25, -0.2) is 0 Å². The van der Waals surface area contributed by atoms with Crippen molar-refractivity contribution in [3.63, 3.8) is 0 Å². The van der Waals surface area contributed by atoms with E-state index in [0.717, 1.165) is 6.42 Å². The molecule has 13 heavy (non-hydrogen) atoms. The molecule has 0 amide bonds. The highest BCUT2D eigenvalue weighted by atomic mass is 19.4. The van der Waals surface area contributed by atoms with Crippen molar-refractivity contribution in [3.8, 4) is 0 Å². The third-order valence-electron chi connectivity index (χ3n) is 2.46. The molecule has 0 spiro atoms. The minimum atomic E-state index is -4.10. The molecule has 1 fully saturated rings. The molecular formula is C8H14F3NO. The lowest BCUT2D eigenvalue weighted by atomic mass is 9.84. The Morgan fingerprint density at radius 1 is 1.23 bits per heavy atom. The van der Waals surface area contributed by atoms with E-state index in [9.17, 15) is 13.2 Å². The minimum Gasteiger partial charge on any atom is -0.305 e. The topological polar surface area (TPSA) is 21.3 Å². The average Bonchev–Trinajstić information content (AvgIpc) is 2.04. The van der Waals surface area contributed by atoms with Gasteiger partial charge in [0.2, 0.25) is 0 Å². The molecule has 0 aromatic carbocycles. The normalized spacial score (nSPS) is 30.5. The predicted octanol–water partition coefficient (Wildman–Crippen LogP) is 2.26. The lowest BCUT2D eigenvalue weighted by molar-refractivity contribution is -0.197. The molecule has 2 nitrogen and oxygen atoms in total. The molecule has 0 aliphatic heterocycles. The number of halogens is 3. The van der Waals surface area contributed by atoms with Gasteiger partial charge in [-0.2, -0.15) is 18.7 Å². The Morgan fingerprint density at radius 2 is 1.85 bits per heavy atom. The molecule has 2 atom stereocenters. The highest BCUT2D eigenvalue weighted by Crippen LogP contribution is 2.37. The molecule has 78 valence electrons. The smallest absolute Gasteiger partial charge is 0.305 e. The molecular weight excluding hydrogens is 183 g/mol. The maximum absolute atomic E-state index is 12.4. The minimum absolute atomic E-state index is 0.213. The monoisotopic (exact) mass is 197 g/mol. The molecule has 1 rings (SSSR count). The van der Waals surface area contributed by atoms with Crippen molar-refractivity contribution in [2.75, 3.05) is 7.11 Å². The van der Waals surface area contributed by atoms with Gasteiger partial charge in [0.25, 0.3) is 0 Å². The maximum atomic E-state index is 12.4. The summed E-state index contributed by atoms with van der Waals surface area (Å²) in [5.74, 6) is -1.25. The van der Waals surface area contributed by atoms with Crippen molar-refractivity contribution in [3.05, 3.63) is 0 Å². The summed E-state index contributed by atoms with van der Waals surface area (Å²) >= 11 is 0. The molecule has 5 heteroatoms. The first-order chi connectivity index (χ1) is 6.05. The summed E-state index contributed by atoms with van der Waals surface area (Å²) in [6.45, 7) is 0. The third-order valence-corrected chi connectivity index (χ3v) is 2.46. The Labute approximate surface area is 75.4 Å². The average molecular weight is 197 g/mol. The zero-order chi connectivity index (χ0) is 9.90. The Morgan fingerprint density at radius 3 is 2.38 bits per heavy atom. The Hall–Kier alpha value is -0.290. The van der Waals surface area contributed by atoms with Crippen LogP contribution in [0, 0.1) is 5.92 Å². The van der Waals surface area contributed by atoms with E-state index >= 15 is 0 Å². The number of rotatable bonds is 2. The number of hydrogen-bond donors (Lipinski definition) is 1. The van der Waals surface area contributed by atoms with Crippen LogP contribution < -0.4 is 5.48 Å². The van der Waals surface area contributed by atoms with Crippen LogP contribution in [-0.2, 0) is 4.84 Å². The molecule has 0 aromatic rings. The largest absolute Gasteiger partial charge is 0.393 e. The van der Waals surface area contributed by atoms with Crippen molar-refractivity contribution in [2.24, 2.45) is 5.92 Å². The molecule has 1 aliphatic rings. The molecule has 0 aromatic heterocycles. The predicted molar refractivity (Wildman–Crippen MR) is 41.9 cm³/mol. The maximum Gasteiger partial charge on any atom is 0.393 e. The second-order valence-electron chi connectivity index (χ2n) is 3.36. The van der Waals surface area contributed by atoms with Crippen LogP contribution in [0.15, 0.2) is 0 Å².